The quantitative estimate of drug-likeness (QED) is 0.738. The van der Waals surface area contributed by atoms with Crippen molar-refractivity contribution in [2.45, 2.75) is 0 Å². The molecule has 0 radical (unpaired) electrons. The van der Waals surface area contributed by atoms with E-state index in [1.807, 2.05) is 0 Å². The number of anilines is 3. The van der Waals surface area contributed by atoms with E-state index in [-0.39, 0.29) is 12.7 Å². The van der Waals surface area contributed by atoms with E-state index < -0.39 is 0 Å². The number of aromatic nitrogens is 1. The Morgan fingerprint density at radius 3 is 2.59 bits per heavy atom. The third kappa shape index (κ3) is 3.65. The number of pyridine rings is 1. The molecule has 0 fully saturated rings. The van der Waals surface area contributed by atoms with E-state index in [9.17, 15) is 4.79 Å². The van der Waals surface area contributed by atoms with Gasteiger partial charge in [0.25, 0.3) is 5.91 Å². The number of ether oxygens (including phenoxy) is 2. The molecule has 1 amide bonds. The third-order valence-corrected chi connectivity index (χ3v) is 3.94. The van der Waals surface area contributed by atoms with Crippen molar-refractivity contribution in [3.63, 3.8) is 0 Å². The SMILES string of the molecule is N#Cc1ccc(Nc2cc(C(=O)Nc3ccc4c(c3)OCO4)ccn2)cc1. The van der Waals surface area contributed by atoms with Gasteiger partial charge in [0.05, 0.1) is 11.6 Å². The number of nitrogens with one attached hydrogen (secondary N) is 2. The predicted octanol–water partition coefficient (Wildman–Crippen LogP) is 3.68. The monoisotopic (exact) mass is 358 g/mol. The maximum absolute atomic E-state index is 12.5. The van der Waals surface area contributed by atoms with E-state index in [0.717, 1.165) is 5.69 Å². The molecule has 3 aromatic rings. The number of hydrogen-bond acceptors (Lipinski definition) is 6. The fourth-order valence-electron chi connectivity index (χ4n) is 2.59. The highest BCUT2D eigenvalue weighted by Crippen LogP contribution is 2.34. The molecule has 1 aliphatic heterocycles. The molecule has 2 aromatic carbocycles. The molecular weight excluding hydrogens is 344 g/mol. The minimum absolute atomic E-state index is 0.182. The average molecular weight is 358 g/mol. The molecule has 132 valence electrons. The molecular formula is C20H14N4O3. The first kappa shape index (κ1) is 16.4. The van der Waals surface area contributed by atoms with Crippen molar-refractivity contribution in [1.29, 1.82) is 5.26 Å². The third-order valence-electron chi connectivity index (χ3n) is 3.94. The van der Waals surface area contributed by atoms with Gasteiger partial charge >= 0.3 is 0 Å². The summed E-state index contributed by atoms with van der Waals surface area (Å²) in [6.07, 6.45) is 1.56. The maximum atomic E-state index is 12.5. The summed E-state index contributed by atoms with van der Waals surface area (Å²) in [5.41, 5.74) is 2.42. The van der Waals surface area contributed by atoms with E-state index >= 15 is 0 Å². The van der Waals surface area contributed by atoms with Crippen LogP contribution in [0.5, 0.6) is 11.5 Å². The first-order chi connectivity index (χ1) is 13.2. The van der Waals surface area contributed by atoms with Crippen LogP contribution in [-0.4, -0.2) is 17.7 Å². The summed E-state index contributed by atoms with van der Waals surface area (Å²) in [7, 11) is 0. The summed E-state index contributed by atoms with van der Waals surface area (Å²) < 4.78 is 10.6. The van der Waals surface area contributed by atoms with Crippen molar-refractivity contribution in [2.75, 3.05) is 17.4 Å². The van der Waals surface area contributed by atoms with Crippen LogP contribution in [0.15, 0.2) is 60.8 Å². The minimum Gasteiger partial charge on any atom is -0.454 e. The van der Waals surface area contributed by atoms with E-state index in [1.165, 1.54) is 0 Å². The largest absolute Gasteiger partial charge is 0.454 e. The average Bonchev–Trinajstić information content (AvgIpc) is 3.16. The zero-order valence-corrected chi connectivity index (χ0v) is 14.1. The summed E-state index contributed by atoms with van der Waals surface area (Å²) >= 11 is 0. The van der Waals surface area contributed by atoms with Crippen molar-refractivity contribution in [2.24, 2.45) is 0 Å². The Hall–Kier alpha value is -4.05. The number of carbonyl (C=O) groups is 1. The van der Waals surface area contributed by atoms with Crippen LogP contribution in [0.1, 0.15) is 15.9 Å². The van der Waals surface area contributed by atoms with Gasteiger partial charge in [0, 0.05) is 29.2 Å². The molecule has 27 heavy (non-hydrogen) atoms. The summed E-state index contributed by atoms with van der Waals surface area (Å²) in [6.45, 7) is 0.182. The molecule has 7 nitrogen and oxygen atoms in total. The topological polar surface area (TPSA) is 96.3 Å². The Kier molecular flexibility index (Phi) is 4.29. The van der Waals surface area contributed by atoms with Gasteiger partial charge in [-0.3, -0.25) is 4.79 Å². The van der Waals surface area contributed by atoms with Gasteiger partial charge in [-0.05, 0) is 48.5 Å². The number of benzene rings is 2. The summed E-state index contributed by atoms with van der Waals surface area (Å²) in [4.78, 5) is 16.7. The van der Waals surface area contributed by atoms with Crippen molar-refractivity contribution in [3.8, 4) is 17.6 Å². The fraction of sp³-hybridized carbons (Fsp3) is 0.0500. The van der Waals surface area contributed by atoms with Crippen molar-refractivity contribution in [1.82, 2.24) is 4.98 Å². The van der Waals surface area contributed by atoms with Crippen LogP contribution in [0.2, 0.25) is 0 Å². The molecule has 0 unspecified atom stereocenters. The number of carbonyl (C=O) groups excluding carboxylic acids is 1. The lowest BCUT2D eigenvalue weighted by Crippen LogP contribution is -2.12. The lowest BCUT2D eigenvalue weighted by atomic mass is 10.2. The van der Waals surface area contributed by atoms with Gasteiger partial charge in [-0.15, -0.1) is 0 Å². The number of amides is 1. The maximum Gasteiger partial charge on any atom is 0.255 e. The molecule has 0 atom stereocenters. The summed E-state index contributed by atoms with van der Waals surface area (Å²) in [5, 5.41) is 14.8. The smallest absolute Gasteiger partial charge is 0.255 e. The zero-order chi connectivity index (χ0) is 18.6. The first-order valence-electron chi connectivity index (χ1n) is 8.15. The number of fused-ring (bicyclic) bond motifs is 1. The highest BCUT2D eigenvalue weighted by Gasteiger charge is 2.15. The molecule has 7 heteroatoms. The normalized spacial score (nSPS) is 11.5. The molecule has 0 spiro atoms. The molecule has 4 rings (SSSR count). The molecule has 0 bridgehead atoms. The molecule has 0 saturated heterocycles. The number of nitriles is 1. The van der Waals surface area contributed by atoms with Gasteiger partial charge in [-0.1, -0.05) is 0 Å². The number of rotatable bonds is 4. The number of hydrogen-bond donors (Lipinski definition) is 2. The van der Waals surface area contributed by atoms with Gasteiger partial charge in [-0.25, -0.2) is 4.98 Å². The number of nitrogens with zero attached hydrogens (tertiary/aromatic N) is 2. The molecule has 1 aliphatic rings. The van der Waals surface area contributed by atoms with Crippen LogP contribution in [0.3, 0.4) is 0 Å². The fourth-order valence-corrected chi connectivity index (χ4v) is 2.59. The van der Waals surface area contributed by atoms with Gasteiger partial charge < -0.3 is 20.1 Å². The van der Waals surface area contributed by atoms with E-state index in [2.05, 4.69) is 21.7 Å². The Morgan fingerprint density at radius 1 is 1.00 bits per heavy atom. The van der Waals surface area contributed by atoms with Crippen molar-refractivity contribution < 1.29 is 14.3 Å². The van der Waals surface area contributed by atoms with Crippen LogP contribution in [0.25, 0.3) is 0 Å². The standard InChI is InChI=1S/C20H14N4O3/c21-11-13-1-3-15(4-2-13)23-19-9-14(7-8-22-19)20(25)24-16-5-6-17-18(10-16)27-12-26-17/h1-10H,12H2,(H,22,23)(H,24,25). The van der Waals surface area contributed by atoms with Gasteiger partial charge in [0.2, 0.25) is 6.79 Å². The molecule has 0 aliphatic carbocycles. The van der Waals surface area contributed by atoms with E-state index in [4.69, 9.17) is 14.7 Å². The lowest BCUT2D eigenvalue weighted by molar-refractivity contribution is 0.102. The molecule has 2 N–H and O–H groups in total. The van der Waals surface area contributed by atoms with Crippen LogP contribution >= 0.6 is 0 Å². The Balaban J connectivity index is 1.48. The van der Waals surface area contributed by atoms with Gasteiger partial charge in [0.15, 0.2) is 11.5 Å². The molecule has 1 aromatic heterocycles. The second-order valence-corrected chi connectivity index (χ2v) is 5.77. The highest BCUT2D eigenvalue weighted by atomic mass is 16.7. The molecule has 0 saturated carbocycles. The van der Waals surface area contributed by atoms with Gasteiger partial charge in [-0.2, -0.15) is 5.26 Å². The van der Waals surface area contributed by atoms with Gasteiger partial charge in [0.1, 0.15) is 5.82 Å². The Labute approximate surface area is 155 Å². The Morgan fingerprint density at radius 2 is 1.78 bits per heavy atom. The van der Waals surface area contributed by atoms with Crippen LogP contribution in [-0.2, 0) is 0 Å². The predicted molar refractivity (Wildman–Crippen MR) is 99.2 cm³/mol. The second kappa shape index (κ2) is 7.06. The summed E-state index contributed by atoms with van der Waals surface area (Å²) in [5.74, 6) is 1.52. The van der Waals surface area contributed by atoms with E-state index in [1.54, 1.807) is 60.8 Å². The van der Waals surface area contributed by atoms with E-state index in [0.29, 0.717) is 34.1 Å². The summed E-state index contributed by atoms with van der Waals surface area (Å²) in [6, 6.07) is 17.5. The lowest BCUT2D eigenvalue weighted by Gasteiger charge is -2.09. The van der Waals surface area contributed by atoms with Crippen LogP contribution in [0, 0.1) is 11.3 Å². The van der Waals surface area contributed by atoms with Crippen molar-refractivity contribution in [3.05, 3.63) is 71.9 Å². The van der Waals surface area contributed by atoms with Crippen molar-refractivity contribution >= 4 is 23.1 Å². The Bertz CT molecular complexity index is 1040. The first-order valence-corrected chi connectivity index (χ1v) is 8.15. The zero-order valence-electron chi connectivity index (χ0n) is 14.1. The molecule has 2 heterocycles. The van der Waals surface area contributed by atoms with Crippen LogP contribution in [0.4, 0.5) is 17.2 Å². The second-order valence-electron chi connectivity index (χ2n) is 5.77. The highest BCUT2D eigenvalue weighted by molar-refractivity contribution is 6.04. The minimum atomic E-state index is -0.265. The van der Waals surface area contributed by atoms with Crippen LogP contribution < -0.4 is 20.1 Å².